The number of amides is 1. The number of hydrogen-bond acceptors (Lipinski definition) is 3. The maximum absolute atomic E-state index is 13.8. The highest BCUT2D eigenvalue weighted by Gasteiger charge is 2.30. The second-order valence-corrected chi connectivity index (χ2v) is 11.0. The molecule has 1 N–H and O–H groups in total. The molecule has 0 bridgehead atoms. The molecule has 8 heteroatoms. The van der Waals surface area contributed by atoms with Gasteiger partial charge < -0.3 is 5.32 Å². The van der Waals surface area contributed by atoms with Gasteiger partial charge in [-0.1, -0.05) is 72.1 Å². The lowest BCUT2D eigenvalue weighted by Gasteiger charge is -2.24. The average Bonchev–Trinajstić information content (AvgIpc) is 2.75. The molecular formula is C26H28Cl2N2O3S. The Bertz CT molecular complexity index is 1300. The van der Waals surface area contributed by atoms with Crippen molar-refractivity contribution in [1.82, 2.24) is 4.31 Å². The summed E-state index contributed by atoms with van der Waals surface area (Å²) in [5, 5.41) is 3.56. The second kappa shape index (κ2) is 10.9. The number of aryl methyl sites for hydroxylation is 4. The summed E-state index contributed by atoms with van der Waals surface area (Å²) < 4.78 is 28.9. The number of halogens is 2. The number of benzene rings is 3. The molecule has 3 rings (SSSR count). The highest BCUT2D eigenvalue weighted by atomic mass is 35.5. The van der Waals surface area contributed by atoms with Gasteiger partial charge in [0.2, 0.25) is 15.9 Å². The van der Waals surface area contributed by atoms with Crippen molar-refractivity contribution in [3.8, 4) is 0 Å². The van der Waals surface area contributed by atoms with Crippen LogP contribution in [0.5, 0.6) is 0 Å². The number of para-hydroxylation sites is 1. The first kappa shape index (κ1) is 26.2. The zero-order chi connectivity index (χ0) is 25.0. The van der Waals surface area contributed by atoms with Gasteiger partial charge in [0.05, 0.1) is 21.5 Å². The van der Waals surface area contributed by atoms with Crippen LogP contribution in [-0.4, -0.2) is 25.2 Å². The van der Waals surface area contributed by atoms with Crippen LogP contribution in [0, 0.1) is 20.8 Å². The van der Waals surface area contributed by atoms with Gasteiger partial charge >= 0.3 is 0 Å². The van der Waals surface area contributed by atoms with Crippen molar-refractivity contribution in [2.45, 2.75) is 45.6 Å². The van der Waals surface area contributed by atoms with E-state index in [1.807, 2.05) is 50.2 Å². The molecule has 34 heavy (non-hydrogen) atoms. The van der Waals surface area contributed by atoms with E-state index in [2.05, 4.69) is 5.32 Å². The maximum atomic E-state index is 13.8. The minimum absolute atomic E-state index is 0.0329. The molecule has 0 atom stereocenters. The molecule has 0 heterocycles. The molecule has 0 saturated carbocycles. The van der Waals surface area contributed by atoms with Crippen molar-refractivity contribution in [3.05, 3.63) is 92.5 Å². The molecule has 0 aliphatic heterocycles. The molecule has 0 aromatic heterocycles. The minimum Gasteiger partial charge on any atom is -0.325 e. The summed E-state index contributed by atoms with van der Waals surface area (Å²) in [7, 11) is -4.01. The predicted octanol–water partition coefficient (Wildman–Crippen LogP) is 6.31. The first-order chi connectivity index (χ1) is 16.0. The lowest BCUT2D eigenvalue weighted by Crippen LogP contribution is -2.38. The summed E-state index contributed by atoms with van der Waals surface area (Å²) >= 11 is 12.2. The fraction of sp³-hybridized carbons (Fsp3) is 0.269. The molecule has 0 aliphatic carbocycles. The Morgan fingerprint density at radius 1 is 0.941 bits per heavy atom. The second-order valence-electron chi connectivity index (χ2n) is 8.31. The molecule has 0 unspecified atom stereocenters. The van der Waals surface area contributed by atoms with Crippen LogP contribution in [0.25, 0.3) is 0 Å². The molecule has 0 spiro atoms. The third kappa shape index (κ3) is 5.99. The largest absolute Gasteiger partial charge is 0.325 e. The number of sulfonamides is 1. The van der Waals surface area contributed by atoms with E-state index in [1.165, 1.54) is 4.31 Å². The molecule has 3 aromatic carbocycles. The normalized spacial score (nSPS) is 11.6. The van der Waals surface area contributed by atoms with E-state index in [0.29, 0.717) is 32.4 Å². The summed E-state index contributed by atoms with van der Waals surface area (Å²) in [6.07, 6.45) is 0.740. The molecule has 0 saturated heterocycles. The predicted molar refractivity (Wildman–Crippen MR) is 139 cm³/mol. The number of rotatable bonds is 8. The topological polar surface area (TPSA) is 66.5 Å². The van der Waals surface area contributed by atoms with Crippen LogP contribution in [0.3, 0.4) is 0 Å². The van der Waals surface area contributed by atoms with E-state index < -0.39 is 15.9 Å². The van der Waals surface area contributed by atoms with Crippen LogP contribution in [0.15, 0.2) is 59.5 Å². The lowest BCUT2D eigenvalue weighted by molar-refractivity contribution is -0.116. The third-order valence-corrected chi connectivity index (χ3v) is 8.37. The van der Waals surface area contributed by atoms with Crippen molar-refractivity contribution in [2.75, 3.05) is 11.9 Å². The zero-order valence-electron chi connectivity index (χ0n) is 19.7. The molecule has 5 nitrogen and oxygen atoms in total. The van der Waals surface area contributed by atoms with Crippen molar-refractivity contribution >= 4 is 44.8 Å². The van der Waals surface area contributed by atoms with Gasteiger partial charge in [-0.15, -0.1) is 0 Å². The highest BCUT2D eigenvalue weighted by molar-refractivity contribution is 7.89. The van der Waals surface area contributed by atoms with Gasteiger partial charge in [0.1, 0.15) is 0 Å². The summed E-state index contributed by atoms with van der Waals surface area (Å²) in [5.41, 5.74) is 4.51. The van der Waals surface area contributed by atoms with Gasteiger partial charge in [0.25, 0.3) is 0 Å². The monoisotopic (exact) mass is 518 g/mol. The fourth-order valence-corrected chi connectivity index (χ4v) is 6.19. The summed E-state index contributed by atoms with van der Waals surface area (Å²) in [4.78, 5) is 13.2. The molecular weight excluding hydrogens is 491 g/mol. The van der Waals surface area contributed by atoms with Crippen molar-refractivity contribution < 1.29 is 13.2 Å². The lowest BCUT2D eigenvalue weighted by atomic mass is 10.1. The van der Waals surface area contributed by atoms with Crippen LogP contribution in [0.1, 0.15) is 34.7 Å². The molecule has 0 radical (unpaired) electrons. The number of nitrogens with zero attached hydrogens (tertiary/aromatic N) is 1. The fourth-order valence-electron chi connectivity index (χ4n) is 4.07. The zero-order valence-corrected chi connectivity index (χ0v) is 22.0. The smallest absolute Gasteiger partial charge is 0.244 e. The molecule has 180 valence electrons. The Morgan fingerprint density at radius 2 is 1.59 bits per heavy atom. The Balaban J connectivity index is 2.00. The molecule has 0 aliphatic rings. The Labute approximate surface area is 211 Å². The van der Waals surface area contributed by atoms with Crippen molar-refractivity contribution in [3.63, 3.8) is 0 Å². The molecule has 0 fully saturated rings. The summed E-state index contributed by atoms with van der Waals surface area (Å²) in [6.45, 7) is 7.06. The van der Waals surface area contributed by atoms with Crippen LogP contribution >= 0.6 is 23.2 Å². The van der Waals surface area contributed by atoms with Crippen LogP contribution < -0.4 is 5.32 Å². The van der Waals surface area contributed by atoms with Gasteiger partial charge in [0.15, 0.2) is 0 Å². The number of carbonyl (C=O) groups excluding carboxylic acids is 1. The molecule has 3 aromatic rings. The van der Waals surface area contributed by atoms with Gasteiger partial charge in [0, 0.05) is 12.2 Å². The minimum atomic E-state index is -4.01. The quantitative estimate of drug-likeness (QED) is 0.379. The highest BCUT2D eigenvalue weighted by Crippen LogP contribution is 2.28. The Hall–Kier alpha value is -2.38. The van der Waals surface area contributed by atoms with E-state index >= 15 is 0 Å². The standard InChI is InChI=1S/C26H28Cl2N2O3S/c1-5-21-8-6-7-9-24(21)29-25(31)16-30(15-20-10-11-22(27)23(28)14-20)34(32,33)26-18(3)12-17(2)13-19(26)4/h6-14H,5,15-16H2,1-4H3,(H,29,31). The van der Waals surface area contributed by atoms with Gasteiger partial charge in [-0.25, -0.2) is 8.42 Å². The Kier molecular flexibility index (Phi) is 8.42. The van der Waals surface area contributed by atoms with Crippen molar-refractivity contribution in [1.29, 1.82) is 0 Å². The van der Waals surface area contributed by atoms with E-state index in [0.717, 1.165) is 17.5 Å². The van der Waals surface area contributed by atoms with E-state index in [1.54, 1.807) is 32.0 Å². The summed E-state index contributed by atoms with van der Waals surface area (Å²) in [6, 6.07) is 16.1. The number of anilines is 1. The van der Waals surface area contributed by atoms with E-state index in [-0.39, 0.29) is 18.0 Å². The average molecular weight is 519 g/mol. The van der Waals surface area contributed by atoms with Crippen LogP contribution in [0.2, 0.25) is 10.0 Å². The number of hydrogen-bond donors (Lipinski definition) is 1. The molecule has 1 amide bonds. The SMILES string of the molecule is CCc1ccccc1NC(=O)CN(Cc1ccc(Cl)c(Cl)c1)S(=O)(=O)c1c(C)cc(C)cc1C. The van der Waals surface area contributed by atoms with E-state index in [9.17, 15) is 13.2 Å². The van der Waals surface area contributed by atoms with Crippen LogP contribution in [-0.2, 0) is 27.8 Å². The third-order valence-electron chi connectivity index (χ3n) is 5.54. The number of nitrogens with one attached hydrogen (secondary N) is 1. The van der Waals surface area contributed by atoms with Gasteiger partial charge in [-0.05, 0) is 67.6 Å². The summed E-state index contributed by atoms with van der Waals surface area (Å²) in [5.74, 6) is -0.424. The van der Waals surface area contributed by atoms with Gasteiger partial charge in [-0.3, -0.25) is 4.79 Å². The maximum Gasteiger partial charge on any atom is 0.244 e. The first-order valence-electron chi connectivity index (χ1n) is 10.9. The van der Waals surface area contributed by atoms with Crippen molar-refractivity contribution in [2.24, 2.45) is 0 Å². The Morgan fingerprint density at radius 3 is 2.21 bits per heavy atom. The van der Waals surface area contributed by atoms with Gasteiger partial charge in [-0.2, -0.15) is 4.31 Å². The van der Waals surface area contributed by atoms with Crippen LogP contribution in [0.4, 0.5) is 5.69 Å². The number of carbonyl (C=O) groups is 1. The van der Waals surface area contributed by atoms with E-state index in [4.69, 9.17) is 23.2 Å². The first-order valence-corrected chi connectivity index (χ1v) is 13.1.